The van der Waals surface area contributed by atoms with Gasteiger partial charge in [-0.15, -0.1) is 0 Å². The number of esters is 1. The molecule has 0 bridgehead atoms. The summed E-state index contributed by atoms with van der Waals surface area (Å²) in [7, 11) is 0. The summed E-state index contributed by atoms with van der Waals surface area (Å²) in [6.45, 7) is 4.25. The zero-order valence-corrected chi connectivity index (χ0v) is 11.0. The van der Waals surface area contributed by atoms with Crippen LogP contribution in [-0.4, -0.2) is 15.7 Å². The summed E-state index contributed by atoms with van der Waals surface area (Å²) in [5.74, 6) is -0.376. The Bertz CT molecular complexity index is 558. The van der Waals surface area contributed by atoms with E-state index in [1.165, 1.54) is 0 Å². The fraction of sp³-hybridized carbons (Fsp3) is 0.286. The number of carbonyl (C=O) groups excluding carboxylic acids is 1. The minimum atomic E-state index is -0.376. The van der Waals surface area contributed by atoms with E-state index in [0.29, 0.717) is 17.3 Å². The molecule has 2 rings (SSSR count). The maximum Gasteiger partial charge on any atom is 0.338 e. The molecule has 0 atom stereocenters. The Morgan fingerprint density at radius 2 is 2.00 bits per heavy atom. The van der Waals surface area contributed by atoms with E-state index in [-0.39, 0.29) is 12.6 Å². The molecule has 0 radical (unpaired) electrons. The van der Waals surface area contributed by atoms with Gasteiger partial charge in [-0.1, -0.05) is 0 Å². The first-order chi connectivity index (χ1) is 9.06. The van der Waals surface area contributed by atoms with Crippen LogP contribution in [0.4, 0.5) is 5.69 Å². The number of carbonyl (C=O) groups is 1. The van der Waals surface area contributed by atoms with Gasteiger partial charge in [0.15, 0.2) is 0 Å². The van der Waals surface area contributed by atoms with Crippen LogP contribution in [0.1, 0.15) is 35.9 Å². The molecule has 0 aliphatic heterocycles. The molecule has 2 aromatic rings. The van der Waals surface area contributed by atoms with Gasteiger partial charge in [0.2, 0.25) is 0 Å². The molecule has 0 unspecified atom stereocenters. The van der Waals surface area contributed by atoms with Crippen LogP contribution in [0.15, 0.2) is 36.5 Å². The average molecular weight is 259 g/mol. The Labute approximate surface area is 112 Å². The lowest BCUT2D eigenvalue weighted by Crippen LogP contribution is -2.07. The molecule has 0 fully saturated rings. The normalized spacial score (nSPS) is 10.7. The van der Waals surface area contributed by atoms with Gasteiger partial charge < -0.3 is 10.5 Å². The van der Waals surface area contributed by atoms with Crippen molar-refractivity contribution in [3.05, 3.63) is 47.8 Å². The van der Waals surface area contributed by atoms with Crippen molar-refractivity contribution in [2.24, 2.45) is 0 Å². The predicted octanol–water partition coefficient (Wildman–Crippen LogP) is 2.40. The third-order valence-electron chi connectivity index (χ3n) is 2.69. The Morgan fingerprint density at radius 3 is 2.58 bits per heavy atom. The Balaban J connectivity index is 1.94. The first-order valence-electron chi connectivity index (χ1n) is 6.13. The molecule has 5 nitrogen and oxygen atoms in total. The van der Waals surface area contributed by atoms with Crippen LogP contribution in [0.5, 0.6) is 0 Å². The minimum absolute atomic E-state index is 0.170. The number of ether oxygens (including phenoxy) is 1. The standard InChI is InChI=1S/C14H17N3O2/c1-10(2)17-8-7-13(16-17)9-19-14(18)11-3-5-12(15)6-4-11/h3-8,10H,9,15H2,1-2H3. The molecule has 1 aromatic carbocycles. The highest BCUT2D eigenvalue weighted by molar-refractivity contribution is 5.89. The molecule has 0 amide bonds. The molecule has 5 heteroatoms. The summed E-state index contributed by atoms with van der Waals surface area (Å²) >= 11 is 0. The lowest BCUT2D eigenvalue weighted by Gasteiger charge is -2.05. The smallest absolute Gasteiger partial charge is 0.338 e. The Hall–Kier alpha value is -2.30. The molecule has 100 valence electrons. The van der Waals surface area contributed by atoms with Crippen LogP contribution in [0.2, 0.25) is 0 Å². The van der Waals surface area contributed by atoms with E-state index in [1.807, 2.05) is 30.8 Å². The molecule has 0 aliphatic rings. The summed E-state index contributed by atoms with van der Waals surface area (Å²) in [6.07, 6.45) is 1.87. The average Bonchev–Trinajstić information content (AvgIpc) is 2.86. The largest absolute Gasteiger partial charge is 0.456 e. The molecule has 19 heavy (non-hydrogen) atoms. The van der Waals surface area contributed by atoms with Gasteiger partial charge in [0.05, 0.1) is 11.3 Å². The number of nitrogens with zero attached hydrogens (tertiary/aromatic N) is 2. The SMILES string of the molecule is CC(C)n1ccc(COC(=O)c2ccc(N)cc2)n1. The number of nitrogen functional groups attached to an aromatic ring is 1. The lowest BCUT2D eigenvalue weighted by molar-refractivity contribution is 0.0467. The molecule has 1 aromatic heterocycles. The van der Waals surface area contributed by atoms with Crippen LogP contribution in [0.25, 0.3) is 0 Å². The number of hydrogen-bond acceptors (Lipinski definition) is 4. The molecular formula is C14H17N3O2. The van der Waals surface area contributed by atoms with Gasteiger partial charge in [-0.2, -0.15) is 5.10 Å². The molecular weight excluding hydrogens is 242 g/mol. The summed E-state index contributed by atoms with van der Waals surface area (Å²) in [5.41, 5.74) is 7.39. The van der Waals surface area contributed by atoms with Crippen molar-refractivity contribution >= 4 is 11.7 Å². The fourth-order valence-electron chi connectivity index (χ4n) is 1.58. The zero-order chi connectivity index (χ0) is 13.8. The first-order valence-corrected chi connectivity index (χ1v) is 6.13. The highest BCUT2D eigenvalue weighted by atomic mass is 16.5. The number of anilines is 1. The third-order valence-corrected chi connectivity index (χ3v) is 2.69. The third kappa shape index (κ3) is 3.34. The van der Waals surface area contributed by atoms with Crippen molar-refractivity contribution in [1.82, 2.24) is 9.78 Å². The first kappa shape index (κ1) is 13.1. The molecule has 1 heterocycles. The van der Waals surface area contributed by atoms with Crippen LogP contribution in [0, 0.1) is 0 Å². The number of hydrogen-bond donors (Lipinski definition) is 1. The summed E-state index contributed by atoms with van der Waals surface area (Å²) in [6, 6.07) is 8.76. The topological polar surface area (TPSA) is 70.1 Å². The van der Waals surface area contributed by atoms with Crippen molar-refractivity contribution in [3.8, 4) is 0 Å². The highest BCUT2D eigenvalue weighted by Gasteiger charge is 2.08. The fourth-order valence-corrected chi connectivity index (χ4v) is 1.58. The van der Waals surface area contributed by atoms with E-state index in [2.05, 4.69) is 5.10 Å². The van der Waals surface area contributed by atoms with Crippen molar-refractivity contribution < 1.29 is 9.53 Å². The van der Waals surface area contributed by atoms with Gasteiger partial charge in [-0.3, -0.25) is 4.68 Å². The van der Waals surface area contributed by atoms with Crippen molar-refractivity contribution in [2.45, 2.75) is 26.5 Å². The maximum absolute atomic E-state index is 11.8. The van der Waals surface area contributed by atoms with Crippen LogP contribution in [-0.2, 0) is 11.3 Å². The number of aromatic nitrogens is 2. The van der Waals surface area contributed by atoms with E-state index in [1.54, 1.807) is 24.3 Å². The highest BCUT2D eigenvalue weighted by Crippen LogP contribution is 2.09. The van der Waals surface area contributed by atoms with Crippen LogP contribution < -0.4 is 5.73 Å². The van der Waals surface area contributed by atoms with Gasteiger partial charge in [-0.05, 0) is 44.2 Å². The van der Waals surface area contributed by atoms with E-state index in [9.17, 15) is 4.79 Å². The number of nitrogens with two attached hydrogens (primary N) is 1. The van der Waals surface area contributed by atoms with Crippen molar-refractivity contribution in [3.63, 3.8) is 0 Å². The quantitative estimate of drug-likeness (QED) is 0.676. The summed E-state index contributed by atoms with van der Waals surface area (Å²) in [5, 5.41) is 4.31. The Morgan fingerprint density at radius 1 is 1.32 bits per heavy atom. The van der Waals surface area contributed by atoms with Gasteiger partial charge in [0.25, 0.3) is 0 Å². The van der Waals surface area contributed by atoms with Crippen LogP contribution >= 0.6 is 0 Å². The van der Waals surface area contributed by atoms with E-state index in [4.69, 9.17) is 10.5 Å². The molecule has 0 saturated carbocycles. The molecule has 0 aliphatic carbocycles. The Kier molecular flexibility index (Phi) is 3.85. The molecule has 0 spiro atoms. The number of rotatable bonds is 4. The molecule has 2 N–H and O–H groups in total. The van der Waals surface area contributed by atoms with E-state index >= 15 is 0 Å². The van der Waals surface area contributed by atoms with E-state index in [0.717, 1.165) is 5.69 Å². The van der Waals surface area contributed by atoms with Gasteiger partial charge in [0, 0.05) is 17.9 Å². The summed E-state index contributed by atoms with van der Waals surface area (Å²) in [4.78, 5) is 11.8. The van der Waals surface area contributed by atoms with Crippen molar-refractivity contribution in [1.29, 1.82) is 0 Å². The summed E-state index contributed by atoms with van der Waals surface area (Å²) < 4.78 is 7.02. The molecule has 0 saturated heterocycles. The van der Waals surface area contributed by atoms with E-state index < -0.39 is 0 Å². The second kappa shape index (κ2) is 5.56. The van der Waals surface area contributed by atoms with Gasteiger partial charge >= 0.3 is 5.97 Å². The zero-order valence-electron chi connectivity index (χ0n) is 11.0. The van der Waals surface area contributed by atoms with Crippen LogP contribution in [0.3, 0.4) is 0 Å². The van der Waals surface area contributed by atoms with Gasteiger partial charge in [0.1, 0.15) is 6.61 Å². The predicted molar refractivity (Wildman–Crippen MR) is 72.6 cm³/mol. The van der Waals surface area contributed by atoms with Crippen molar-refractivity contribution in [2.75, 3.05) is 5.73 Å². The number of benzene rings is 1. The second-order valence-corrected chi connectivity index (χ2v) is 4.58. The lowest BCUT2D eigenvalue weighted by atomic mass is 10.2. The maximum atomic E-state index is 11.8. The monoisotopic (exact) mass is 259 g/mol. The van der Waals surface area contributed by atoms with Gasteiger partial charge in [-0.25, -0.2) is 4.79 Å². The minimum Gasteiger partial charge on any atom is -0.456 e. The second-order valence-electron chi connectivity index (χ2n) is 4.58.